The lowest BCUT2D eigenvalue weighted by Crippen LogP contribution is -2.38. The minimum absolute atomic E-state index is 0.0172. The first-order valence-electron chi connectivity index (χ1n) is 8.40. The summed E-state index contributed by atoms with van der Waals surface area (Å²) < 4.78 is 26.8. The molecule has 6 nitrogen and oxygen atoms in total. The summed E-state index contributed by atoms with van der Waals surface area (Å²) >= 11 is 0. The quantitative estimate of drug-likeness (QED) is 0.873. The van der Waals surface area contributed by atoms with Crippen molar-refractivity contribution >= 4 is 21.8 Å². The molecule has 1 aromatic rings. The Morgan fingerprint density at radius 2 is 2.08 bits per heavy atom. The minimum Gasteiger partial charge on any atom is -0.345 e. The number of fused-ring (bicyclic) bond motifs is 2. The van der Waals surface area contributed by atoms with Crippen LogP contribution in [0.15, 0.2) is 52.6 Å². The number of aryl methyl sites for hydroxylation is 1. The monoisotopic (exact) mass is 357 g/mol. The number of carbonyl (C=O) groups excluding carboxylic acids is 1. The van der Waals surface area contributed by atoms with Crippen LogP contribution in [0.3, 0.4) is 0 Å². The van der Waals surface area contributed by atoms with Gasteiger partial charge in [0.05, 0.1) is 17.4 Å². The number of benzene rings is 1. The molecule has 1 unspecified atom stereocenters. The van der Waals surface area contributed by atoms with Crippen molar-refractivity contribution in [2.24, 2.45) is 4.40 Å². The summed E-state index contributed by atoms with van der Waals surface area (Å²) in [5, 5.41) is 3.11. The molecular formula is C18H19N3O3S. The van der Waals surface area contributed by atoms with E-state index in [1.807, 2.05) is 12.1 Å². The first-order chi connectivity index (χ1) is 12.0. The topological polar surface area (TPSA) is 78.8 Å². The molecule has 0 fully saturated rings. The van der Waals surface area contributed by atoms with Crippen LogP contribution in [-0.2, 0) is 21.2 Å². The van der Waals surface area contributed by atoms with Crippen molar-refractivity contribution < 1.29 is 13.2 Å². The van der Waals surface area contributed by atoms with Gasteiger partial charge >= 0.3 is 0 Å². The Bertz CT molecular complexity index is 915. The highest BCUT2D eigenvalue weighted by molar-refractivity contribution is 7.90. The second-order valence-electron chi connectivity index (χ2n) is 6.46. The maximum absolute atomic E-state index is 12.7. The third kappa shape index (κ3) is 3.24. The number of nitrogens with zero attached hydrogens (tertiary/aromatic N) is 2. The Morgan fingerprint density at radius 3 is 2.96 bits per heavy atom. The third-order valence-corrected chi connectivity index (χ3v) is 5.92. The van der Waals surface area contributed by atoms with Gasteiger partial charge < -0.3 is 10.2 Å². The Morgan fingerprint density at radius 1 is 1.24 bits per heavy atom. The zero-order valence-corrected chi connectivity index (χ0v) is 14.5. The van der Waals surface area contributed by atoms with Crippen LogP contribution < -0.4 is 5.32 Å². The number of amidine groups is 1. The molecule has 130 valence electrons. The van der Waals surface area contributed by atoms with E-state index in [9.17, 15) is 13.2 Å². The van der Waals surface area contributed by atoms with E-state index < -0.39 is 10.0 Å². The summed E-state index contributed by atoms with van der Waals surface area (Å²) in [6.07, 6.45) is 7.91. The van der Waals surface area contributed by atoms with Gasteiger partial charge in [0.25, 0.3) is 15.9 Å². The van der Waals surface area contributed by atoms with Gasteiger partial charge in [-0.1, -0.05) is 24.3 Å². The van der Waals surface area contributed by atoms with Gasteiger partial charge in [0.2, 0.25) is 0 Å². The molecule has 0 spiro atoms. The molecule has 0 saturated carbocycles. The molecule has 0 saturated heterocycles. The van der Waals surface area contributed by atoms with Gasteiger partial charge in [-0.3, -0.25) is 4.79 Å². The molecule has 0 aromatic heterocycles. The fourth-order valence-corrected chi connectivity index (χ4v) is 4.45. The van der Waals surface area contributed by atoms with Crippen LogP contribution in [0.2, 0.25) is 0 Å². The van der Waals surface area contributed by atoms with E-state index in [4.69, 9.17) is 0 Å². The summed E-state index contributed by atoms with van der Waals surface area (Å²) in [6.45, 7) is 0.314. The fraction of sp³-hybridized carbons (Fsp3) is 0.333. The van der Waals surface area contributed by atoms with E-state index in [0.29, 0.717) is 18.0 Å². The largest absolute Gasteiger partial charge is 0.345 e. The van der Waals surface area contributed by atoms with E-state index in [1.165, 1.54) is 11.1 Å². The van der Waals surface area contributed by atoms with Crippen LogP contribution in [0.25, 0.3) is 0 Å². The van der Waals surface area contributed by atoms with Crippen molar-refractivity contribution in [3.8, 4) is 0 Å². The van der Waals surface area contributed by atoms with E-state index in [-0.39, 0.29) is 17.7 Å². The van der Waals surface area contributed by atoms with Crippen LogP contribution >= 0.6 is 0 Å². The molecule has 1 N–H and O–H groups in total. The summed E-state index contributed by atoms with van der Waals surface area (Å²) in [5.74, 6) is 0.183. The lowest BCUT2D eigenvalue weighted by atomic mass is 9.87. The maximum atomic E-state index is 12.7. The van der Waals surface area contributed by atoms with E-state index >= 15 is 0 Å². The first-order valence-corrected chi connectivity index (χ1v) is 10.0. The number of sulfonamides is 1. The number of rotatable bonds is 2. The van der Waals surface area contributed by atoms with Crippen molar-refractivity contribution in [1.82, 2.24) is 10.2 Å². The molecule has 0 radical (unpaired) electrons. The van der Waals surface area contributed by atoms with Crippen LogP contribution in [0.1, 0.15) is 30.0 Å². The van der Waals surface area contributed by atoms with Crippen LogP contribution in [0.4, 0.5) is 0 Å². The molecule has 2 aliphatic heterocycles. The predicted octanol–water partition coefficient (Wildman–Crippen LogP) is 1.68. The molecule has 0 bridgehead atoms. The normalized spacial score (nSPS) is 23.8. The predicted molar refractivity (Wildman–Crippen MR) is 95.4 cm³/mol. The summed E-state index contributed by atoms with van der Waals surface area (Å²) in [6, 6.07) is 8.24. The fourth-order valence-electron chi connectivity index (χ4n) is 3.48. The highest BCUT2D eigenvalue weighted by Crippen LogP contribution is 2.29. The van der Waals surface area contributed by atoms with Gasteiger partial charge in [-0.25, -0.2) is 8.42 Å². The Kier molecular flexibility index (Phi) is 3.95. The SMILES string of the molecule is O=C(NC1CCCc2ccccc21)C1=CN2CCS(=O)(=O)N=C2C=C1. The molecule has 4 rings (SSSR count). The zero-order valence-electron chi connectivity index (χ0n) is 13.7. The molecule has 1 aromatic carbocycles. The van der Waals surface area contributed by atoms with Crippen molar-refractivity contribution in [2.45, 2.75) is 25.3 Å². The second kappa shape index (κ2) is 6.15. The standard InChI is InChI=1S/C18H19N3O3S/c22-18(19-16-7-3-5-13-4-1-2-6-15(13)16)14-8-9-17-20-25(23,24)11-10-21(17)12-14/h1-2,4,6,8-9,12,16H,3,5,7,10-11H2,(H,19,22). The Balaban J connectivity index is 1.52. The lowest BCUT2D eigenvalue weighted by molar-refractivity contribution is -0.118. The van der Waals surface area contributed by atoms with Gasteiger partial charge in [-0.2, -0.15) is 0 Å². The van der Waals surface area contributed by atoms with Gasteiger partial charge in [-0.15, -0.1) is 4.40 Å². The zero-order chi connectivity index (χ0) is 17.4. The third-order valence-electron chi connectivity index (χ3n) is 4.76. The van der Waals surface area contributed by atoms with Gasteiger partial charge in [0, 0.05) is 12.7 Å². The Hall–Kier alpha value is -2.41. The lowest BCUT2D eigenvalue weighted by Gasteiger charge is -2.29. The molecule has 1 amide bonds. The molecule has 1 aliphatic carbocycles. The number of carbonyl (C=O) groups is 1. The molecule has 25 heavy (non-hydrogen) atoms. The molecular weight excluding hydrogens is 338 g/mol. The second-order valence-corrected chi connectivity index (χ2v) is 8.22. The maximum Gasteiger partial charge on any atom is 0.256 e. The van der Waals surface area contributed by atoms with E-state index in [2.05, 4.69) is 21.8 Å². The van der Waals surface area contributed by atoms with Gasteiger partial charge in [-0.05, 0) is 42.5 Å². The summed E-state index contributed by atoms with van der Waals surface area (Å²) in [5.41, 5.74) is 3.00. The number of amides is 1. The van der Waals surface area contributed by atoms with E-state index in [0.717, 1.165) is 19.3 Å². The first kappa shape index (κ1) is 16.1. The number of hydrogen-bond donors (Lipinski definition) is 1. The average Bonchev–Trinajstić information content (AvgIpc) is 2.61. The van der Waals surface area contributed by atoms with Gasteiger partial charge in [0.15, 0.2) is 0 Å². The van der Waals surface area contributed by atoms with Gasteiger partial charge in [0.1, 0.15) is 5.84 Å². The van der Waals surface area contributed by atoms with Crippen LogP contribution in [0, 0.1) is 0 Å². The average molecular weight is 357 g/mol. The summed E-state index contributed by atoms with van der Waals surface area (Å²) in [4.78, 5) is 14.4. The van der Waals surface area contributed by atoms with E-state index in [1.54, 1.807) is 23.3 Å². The summed E-state index contributed by atoms with van der Waals surface area (Å²) in [7, 11) is -3.38. The Labute approximate surface area is 147 Å². The van der Waals surface area contributed by atoms with Crippen LogP contribution in [-0.4, -0.2) is 37.4 Å². The molecule has 1 atom stereocenters. The number of hydrogen-bond acceptors (Lipinski definition) is 4. The smallest absolute Gasteiger partial charge is 0.256 e. The molecule has 3 aliphatic rings. The van der Waals surface area contributed by atoms with Crippen LogP contribution in [0.5, 0.6) is 0 Å². The molecule has 2 heterocycles. The molecule has 7 heteroatoms. The highest BCUT2D eigenvalue weighted by atomic mass is 32.2. The van der Waals surface area contributed by atoms with Crippen molar-refractivity contribution in [2.75, 3.05) is 12.3 Å². The van der Waals surface area contributed by atoms with Crippen molar-refractivity contribution in [3.05, 3.63) is 59.3 Å². The minimum atomic E-state index is -3.38. The van der Waals surface area contributed by atoms with Crippen molar-refractivity contribution in [3.63, 3.8) is 0 Å². The van der Waals surface area contributed by atoms with Crippen molar-refractivity contribution in [1.29, 1.82) is 0 Å². The number of nitrogens with one attached hydrogen (secondary N) is 1. The highest BCUT2D eigenvalue weighted by Gasteiger charge is 2.27.